The fourth-order valence-corrected chi connectivity index (χ4v) is 3.13. The fraction of sp³-hybridized carbons (Fsp3) is 0.562. The molecular formula is C16H25Cl2N3O2. The van der Waals surface area contributed by atoms with Crippen LogP contribution in [0.5, 0.6) is 0 Å². The summed E-state index contributed by atoms with van der Waals surface area (Å²) < 4.78 is 5.34. The number of ether oxygens (including phenoxy) is 1. The summed E-state index contributed by atoms with van der Waals surface area (Å²) in [5.41, 5.74) is 7.98. The fourth-order valence-electron chi connectivity index (χ4n) is 3.13. The molecule has 0 unspecified atom stereocenters. The quantitative estimate of drug-likeness (QED) is 0.828. The van der Waals surface area contributed by atoms with Crippen molar-refractivity contribution in [1.82, 2.24) is 4.90 Å². The van der Waals surface area contributed by atoms with Gasteiger partial charge in [-0.1, -0.05) is 18.2 Å². The molecule has 0 spiro atoms. The van der Waals surface area contributed by atoms with Crippen LogP contribution in [-0.2, 0) is 16.1 Å². The molecule has 0 aliphatic carbocycles. The van der Waals surface area contributed by atoms with E-state index in [0.29, 0.717) is 39.1 Å². The molecule has 1 fully saturated rings. The van der Waals surface area contributed by atoms with Crippen LogP contribution in [0.3, 0.4) is 0 Å². The van der Waals surface area contributed by atoms with Gasteiger partial charge in [-0.15, -0.1) is 24.8 Å². The minimum atomic E-state index is -0.754. The summed E-state index contributed by atoms with van der Waals surface area (Å²) in [5.74, 6) is 0.0657. The topological polar surface area (TPSA) is 58.8 Å². The molecule has 2 aliphatic heterocycles. The number of amides is 1. The van der Waals surface area contributed by atoms with E-state index in [9.17, 15) is 4.79 Å². The molecule has 7 heteroatoms. The van der Waals surface area contributed by atoms with Crippen molar-refractivity contribution in [2.24, 2.45) is 5.73 Å². The second kappa shape index (κ2) is 8.20. The summed E-state index contributed by atoms with van der Waals surface area (Å²) in [6.07, 6.45) is 1.22. The van der Waals surface area contributed by atoms with Gasteiger partial charge in [0.25, 0.3) is 0 Å². The highest BCUT2D eigenvalue weighted by Gasteiger charge is 2.39. The first kappa shape index (κ1) is 20.0. The summed E-state index contributed by atoms with van der Waals surface area (Å²) in [4.78, 5) is 17.0. The zero-order valence-electron chi connectivity index (χ0n) is 13.4. The number of anilines is 1. The van der Waals surface area contributed by atoms with Crippen molar-refractivity contribution in [3.05, 3.63) is 29.8 Å². The van der Waals surface area contributed by atoms with Gasteiger partial charge in [-0.05, 0) is 24.5 Å². The maximum atomic E-state index is 12.9. The van der Waals surface area contributed by atoms with E-state index in [0.717, 1.165) is 6.54 Å². The standard InChI is InChI=1S/C16H23N3O2.2ClH/c1-18-8-9-19(12-13-4-2-3-5-14(13)18)15(20)16(17)6-10-21-11-7-16;;/h2-5H,6-12,17H2,1H3;2*1H. The average Bonchev–Trinajstić information content (AvgIpc) is 2.67. The van der Waals surface area contributed by atoms with Crippen molar-refractivity contribution >= 4 is 36.4 Å². The molecule has 0 aromatic heterocycles. The van der Waals surface area contributed by atoms with Crippen molar-refractivity contribution < 1.29 is 9.53 Å². The van der Waals surface area contributed by atoms with Crippen LogP contribution in [0.1, 0.15) is 18.4 Å². The molecule has 0 radical (unpaired) electrons. The maximum absolute atomic E-state index is 12.9. The van der Waals surface area contributed by atoms with Gasteiger partial charge in [0.05, 0.1) is 5.54 Å². The Labute approximate surface area is 150 Å². The van der Waals surface area contributed by atoms with Gasteiger partial charge in [0.2, 0.25) is 5.91 Å². The number of para-hydroxylation sites is 1. The predicted molar refractivity (Wildman–Crippen MR) is 96.6 cm³/mol. The molecule has 23 heavy (non-hydrogen) atoms. The van der Waals surface area contributed by atoms with Gasteiger partial charge >= 0.3 is 0 Å². The van der Waals surface area contributed by atoms with Gasteiger partial charge in [-0.2, -0.15) is 0 Å². The first-order valence-electron chi connectivity index (χ1n) is 7.55. The van der Waals surface area contributed by atoms with Crippen LogP contribution in [0.4, 0.5) is 5.69 Å². The Morgan fingerprint density at radius 3 is 2.52 bits per heavy atom. The van der Waals surface area contributed by atoms with Crippen LogP contribution in [0, 0.1) is 0 Å². The normalized spacial score (nSPS) is 19.7. The highest BCUT2D eigenvalue weighted by Crippen LogP contribution is 2.27. The van der Waals surface area contributed by atoms with Gasteiger partial charge < -0.3 is 20.3 Å². The van der Waals surface area contributed by atoms with Crippen LogP contribution >= 0.6 is 24.8 Å². The Morgan fingerprint density at radius 2 is 1.83 bits per heavy atom. The number of rotatable bonds is 1. The number of halogens is 2. The summed E-state index contributed by atoms with van der Waals surface area (Å²) in [6.45, 7) is 3.33. The van der Waals surface area contributed by atoms with Gasteiger partial charge in [-0.25, -0.2) is 0 Å². The van der Waals surface area contributed by atoms with E-state index in [1.807, 2.05) is 17.0 Å². The van der Waals surface area contributed by atoms with E-state index in [-0.39, 0.29) is 30.7 Å². The number of hydrogen-bond acceptors (Lipinski definition) is 4. The number of nitrogens with two attached hydrogens (primary N) is 1. The molecular weight excluding hydrogens is 337 g/mol. The molecule has 0 atom stereocenters. The number of carbonyl (C=O) groups is 1. The van der Waals surface area contributed by atoms with Gasteiger partial charge in [0.1, 0.15) is 0 Å². The molecule has 1 saturated heterocycles. The van der Waals surface area contributed by atoms with Gasteiger partial charge in [0, 0.05) is 45.6 Å². The van der Waals surface area contributed by atoms with Gasteiger partial charge in [0.15, 0.2) is 0 Å². The minimum absolute atomic E-state index is 0. The van der Waals surface area contributed by atoms with E-state index in [4.69, 9.17) is 10.5 Å². The third-order valence-corrected chi connectivity index (χ3v) is 4.57. The number of fused-ring (bicyclic) bond motifs is 1. The summed E-state index contributed by atoms with van der Waals surface area (Å²) in [5, 5.41) is 0. The van der Waals surface area contributed by atoms with E-state index in [1.54, 1.807) is 0 Å². The first-order chi connectivity index (χ1) is 10.1. The van der Waals surface area contributed by atoms with E-state index < -0.39 is 5.54 Å². The second-order valence-corrected chi connectivity index (χ2v) is 6.05. The molecule has 2 aliphatic rings. The zero-order chi connectivity index (χ0) is 14.9. The molecule has 130 valence electrons. The minimum Gasteiger partial charge on any atom is -0.381 e. The Kier molecular flexibility index (Phi) is 7.14. The van der Waals surface area contributed by atoms with Crippen LogP contribution in [0.25, 0.3) is 0 Å². The number of carbonyl (C=O) groups excluding carboxylic acids is 1. The molecule has 1 aromatic rings. The number of likely N-dealkylation sites (N-methyl/N-ethyl adjacent to an activating group) is 1. The lowest BCUT2D eigenvalue weighted by Gasteiger charge is -2.36. The average molecular weight is 362 g/mol. The summed E-state index contributed by atoms with van der Waals surface area (Å²) in [7, 11) is 2.07. The third kappa shape index (κ3) is 4.10. The van der Waals surface area contributed by atoms with Crippen LogP contribution in [0.15, 0.2) is 24.3 Å². The van der Waals surface area contributed by atoms with Crippen LogP contribution < -0.4 is 10.6 Å². The van der Waals surface area contributed by atoms with Crippen molar-refractivity contribution in [3.8, 4) is 0 Å². The van der Waals surface area contributed by atoms with Crippen molar-refractivity contribution in [1.29, 1.82) is 0 Å². The molecule has 3 rings (SSSR count). The molecule has 2 N–H and O–H groups in total. The van der Waals surface area contributed by atoms with Crippen molar-refractivity contribution in [2.75, 3.05) is 38.3 Å². The molecule has 1 aromatic carbocycles. The maximum Gasteiger partial charge on any atom is 0.243 e. The molecule has 0 saturated carbocycles. The smallest absolute Gasteiger partial charge is 0.243 e. The predicted octanol–water partition coefficient (Wildman–Crippen LogP) is 1.82. The molecule has 2 heterocycles. The van der Waals surface area contributed by atoms with E-state index >= 15 is 0 Å². The number of benzene rings is 1. The lowest BCUT2D eigenvalue weighted by molar-refractivity contribution is -0.141. The largest absolute Gasteiger partial charge is 0.381 e. The Morgan fingerprint density at radius 1 is 1.17 bits per heavy atom. The lowest BCUT2D eigenvalue weighted by atomic mass is 9.89. The first-order valence-corrected chi connectivity index (χ1v) is 7.55. The monoisotopic (exact) mass is 361 g/mol. The third-order valence-electron chi connectivity index (χ3n) is 4.57. The van der Waals surface area contributed by atoms with Crippen molar-refractivity contribution in [3.63, 3.8) is 0 Å². The summed E-state index contributed by atoms with van der Waals surface area (Å²) >= 11 is 0. The van der Waals surface area contributed by atoms with Crippen molar-refractivity contribution in [2.45, 2.75) is 24.9 Å². The Bertz CT molecular complexity index is 536. The number of hydrogen-bond donors (Lipinski definition) is 1. The van der Waals surface area contributed by atoms with E-state index in [2.05, 4.69) is 24.1 Å². The molecule has 1 amide bonds. The van der Waals surface area contributed by atoms with Crippen LogP contribution in [0.2, 0.25) is 0 Å². The second-order valence-electron chi connectivity index (χ2n) is 6.05. The highest BCUT2D eigenvalue weighted by atomic mass is 35.5. The Hall–Kier alpha value is -1.01. The van der Waals surface area contributed by atoms with Gasteiger partial charge in [-0.3, -0.25) is 4.79 Å². The SMILES string of the molecule is CN1CCN(C(=O)C2(N)CCOCC2)Cc2ccccc21.Cl.Cl. The lowest BCUT2D eigenvalue weighted by Crippen LogP contribution is -2.58. The zero-order valence-corrected chi connectivity index (χ0v) is 15.0. The number of nitrogens with zero attached hydrogens (tertiary/aromatic N) is 2. The van der Waals surface area contributed by atoms with Crippen LogP contribution in [-0.4, -0.2) is 49.7 Å². The molecule has 0 bridgehead atoms. The highest BCUT2D eigenvalue weighted by molar-refractivity contribution is 5.86. The van der Waals surface area contributed by atoms with E-state index in [1.165, 1.54) is 11.3 Å². The Balaban J connectivity index is 0.00000132. The molecule has 5 nitrogen and oxygen atoms in total. The summed E-state index contributed by atoms with van der Waals surface area (Å²) in [6, 6.07) is 8.25.